The third-order valence-corrected chi connectivity index (χ3v) is 3.14. The van der Waals surface area contributed by atoms with Gasteiger partial charge in [0, 0.05) is 22.2 Å². The summed E-state index contributed by atoms with van der Waals surface area (Å²) in [6, 6.07) is 1.57. The monoisotopic (exact) mass is 346 g/mol. The molecular formula is C8H6F3IN2O2. The van der Waals surface area contributed by atoms with Gasteiger partial charge in [0.25, 0.3) is 5.69 Å². The maximum Gasteiger partial charge on any atom is 0.417 e. The van der Waals surface area contributed by atoms with Crippen molar-refractivity contribution < 1.29 is 18.1 Å². The van der Waals surface area contributed by atoms with E-state index >= 15 is 0 Å². The molecule has 0 fully saturated rings. The van der Waals surface area contributed by atoms with E-state index in [1.165, 1.54) is 22.6 Å². The topological polar surface area (TPSA) is 69.2 Å². The summed E-state index contributed by atoms with van der Waals surface area (Å²) in [5.41, 5.74) is 3.72. The lowest BCUT2D eigenvalue weighted by atomic mass is 10.1. The van der Waals surface area contributed by atoms with Crippen LogP contribution < -0.4 is 5.73 Å². The first-order valence-corrected chi connectivity index (χ1v) is 5.09. The van der Waals surface area contributed by atoms with Crippen molar-refractivity contribution in [3.8, 4) is 0 Å². The molecule has 0 unspecified atom stereocenters. The van der Waals surface area contributed by atoms with E-state index in [9.17, 15) is 23.3 Å². The molecule has 0 saturated heterocycles. The molecule has 0 aliphatic carbocycles. The zero-order valence-corrected chi connectivity index (χ0v) is 9.87. The third-order valence-electron chi connectivity index (χ3n) is 1.87. The Kier molecular flexibility index (Phi) is 3.73. The molecule has 8 heteroatoms. The Bertz CT molecular complexity index is 434. The van der Waals surface area contributed by atoms with Crippen molar-refractivity contribution in [2.75, 3.05) is 0 Å². The number of nitrogens with zero attached hydrogens (tertiary/aromatic N) is 1. The molecule has 0 aliphatic rings. The summed E-state index contributed by atoms with van der Waals surface area (Å²) in [6.45, 7) is -0.178. The second-order valence-corrected chi connectivity index (χ2v) is 4.00. The van der Waals surface area contributed by atoms with E-state index in [0.717, 1.165) is 6.07 Å². The highest BCUT2D eigenvalue weighted by Crippen LogP contribution is 2.36. The van der Waals surface area contributed by atoms with Gasteiger partial charge in [0.1, 0.15) is 0 Å². The molecule has 88 valence electrons. The van der Waals surface area contributed by atoms with Crippen molar-refractivity contribution in [3.05, 3.63) is 36.9 Å². The molecule has 0 aliphatic heterocycles. The second-order valence-electron chi connectivity index (χ2n) is 2.93. The van der Waals surface area contributed by atoms with Gasteiger partial charge in [-0.3, -0.25) is 10.1 Å². The van der Waals surface area contributed by atoms with Gasteiger partial charge in [-0.05, 0) is 28.2 Å². The van der Waals surface area contributed by atoms with Crippen LogP contribution in [-0.2, 0) is 12.7 Å². The molecule has 4 nitrogen and oxygen atoms in total. The minimum atomic E-state index is -4.62. The van der Waals surface area contributed by atoms with Crippen molar-refractivity contribution in [3.63, 3.8) is 0 Å². The first-order chi connectivity index (χ1) is 7.27. The van der Waals surface area contributed by atoms with Crippen LogP contribution in [-0.4, -0.2) is 4.92 Å². The summed E-state index contributed by atoms with van der Waals surface area (Å²) in [5, 5.41) is 10.5. The number of halogens is 4. The summed E-state index contributed by atoms with van der Waals surface area (Å²) in [6.07, 6.45) is -4.62. The van der Waals surface area contributed by atoms with Gasteiger partial charge < -0.3 is 5.73 Å². The molecule has 0 bridgehead atoms. The van der Waals surface area contributed by atoms with Crippen LogP contribution in [0.5, 0.6) is 0 Å². The number of nitrogens with two attached hydrogens (primary N) is 1. The van der Waals surface area contributed by atoms with Gasteiger partial charge in [-0.2, -0.15) is 13.2 Å². The van der Waals surface area contributed by atoms with Gasteiger partial charge in [0.2, 0.25) is 0 Å². The maximum atomic E-state index is 12.5. The molecule has 1 rings (SSSR count). The van der Waals surface area contributed by atoms with E-state index < -0.39 is 22.4 Å². The molecule has 1 aromatic rings. The van der Waals surface area contributed by atoms with Crippen LogP contribution in [0.4, 0.5) is 18.9 Å². The van der Waals surface area contributed by atoms with E-state index in [4.69, 9.17) is 5.73 Å². The van der Waals surface area contributed by atoms with Crippen molar-refractivity contribution >= 4 is 28.3 Å². The molecule has 0 aromatic heterocycles. The molecule has 0 radical (unpaired) electrons. The molecule has 0 spiro atoms. The van der Waals surface area contributed by atoms with Gasteiger partial charge in [-0.15, -0.1) is 0 Å². The van der Waals surface area contributed by atoms with Gasteiger partial charge >= 0.3 is 6.18 Å². The Labute approximate surface area is 102 Å². The summed E-state index contributed by atoms with van der Waals surface area (Å²) in [5.74, 6) is 0. The Morgan fingerprint density at radius 1 is 1.44 bits per heavy atom. The van der Waals surface area contributed by atoms with Crippen LogP contribution in [0.2, 0.25) is 0 Å². The molecule has 0 saturated carbocycles. The highest BCUT2D eigenvalue weighted by Gasteiger charge is 2.35. The number of hydrogen-bond donors (Lipinski definition) is 1. The highest BCUT2D eigenvalue weighted by molar-refractivity contribution is 14.1. The van der Waals surface area contributed by atoms with Crippen LogP contribution in [0.25, 0.3) is 0 Å². The standard InChI is InChI=1S/C8H6F3IN2O2/c9-8(10,11)6-2-5(14(15)16)1-4(3-13)7(6)12/h1-2H,3,13H2. The largest absolute Gasteiger partial charge is 0.417 e. The van der Waals surface area contributed by atoms with E-state index in [1.54, 1.807) is 0 Å². The van der Waals surface area contributed by atoms with E-state index in [-0.39, 0.29) is 15.7 Å². The first kappa shape index (κ1) is 13.2. The number of rotatable bonds is 2. The highest BCUT2D eigenvalue weighted by atomic mass is 127. The molecule has 16 heavy (non-hydrogen) atoms. The molecule has 0 amide bonds. The summed E-state index contributed by atoms with van der Waals surface area (Å²) < 4.78 is 37.5. The lowest BCUT2D eigenvalue weighted by Crippen LogP contribution is -2.12. The zero-order chi connectivity index (χ0) is 12.5. The van der Waals surface area contributed by atoms with Gasteiger partial charge in [0.05, 0.1) is 10.5 Å². The molecule has 0 atom stereocenters. The van der Waals surface area contributed by atoms with Gasteiger partial charge in [-0.25, -0.2) is 0 Å². The SMILES string of the molecule is NCc1cc([N+](=O)[O-])cc(C(F)(F)F)c1I. The molecule has 2 N–H and O–H groups in total. The minimum Gasteiger partial charge on any atom is -0.326 e. The van der Waals surface area contributed by atoms with Crippen LogP contribution in [0.15, 0.2) is 12.1 Å². The Morgan fingerprint density at radius 3 is 2.38 bits per heavy atom. The van der Waals surface area contributed by atoms with Crippen LogP contribution in [0, 0.1) is 13.7 Å². The van der Waals surface area contributed by atoms with E-state index in [1.807, 2.05) is 0 Å². The number of benzene rings is 1. The van der Waals surface area contributed by atoms with Crippen molar-refractivity contribution in [2.45, 2.75) is 12.7 Å². The predicted molar refractivity (Wildman–Crippen MR) is 58.7 cm³/mol. The predicted octanol–water partition coefficient (Wildman–Crippen LogP) is 2.68. The second kappa shape index (κ2) is 4.53. The number of non-ortho nitro benzene ring substituents is 1. The Hall–Kier alpha value is -0.900. The van der Waals surface area contributed by atoms with Gasteiger partial charge in [0.15, 0.2) is 0 Å². The lowest BCUT2D eigenvalue weighted by molar-refractivity contribution is -0.385. The maximum absolute atomic E-state index is 12.5. The lowest BCUT2D eigenvalue weighted by Gasteiger charge is -2.11. The normalized spacial score (nSPS) is 11.6. The number of alkyl halides is 3. The summed E-state index contributed by atoms with van der Waals surface area (Å²) >= 11 is 1.48. The average molecular weight is 346 g/mol. The fourth-order valence-electron chi connectivity index (χ4n) is 1.13. The number of nitro benzene ring substituents is 1. The average Bonchev–Trinajstić information content (AvgIpc) is 2.15. The van der Waals surface area contributed by atoms with Crippen molar-refractivity contribution in [1.29, 1.82) is 0 Å². The van der Waals surface area contributed by atoms with E-state index in [2.05, 4.69) is 0 Å². The number of nitro groups is 1. The zero-order valence-electron chi connectivity index (χ0n) is 7.71. The first-order valence-electron chi connectivity index (χ1n) is 4.01. The Morgan fingerprint density at radius 2 is 2.00 bits per heavy atom. The Balaban J connectivity index is 3.48. The van der Waals surface area contributed by atoms with Crippen molar-refractivity contribution in [2.24, 2.45) is 5.73 Å². The summed E-state index contributed by atoms with van der Waals surface area (Å²) in [7, 11) is 0. The van der Waals surface area contributed by atoms with Gasteiger partial charge in [-0.1, -0.05) is 0 Å². The van der Waals surface area contributed by atoms with E-state index in [0.29, 0.717) is 6.07 Å². The third kappa shape index (κ3) is 2.61. The fraction of sp³-hybridized carbons (Fsp3) is 0.250. The molecule has 0 heterocycles. The van der Waals surface area contributed by atoms with Crippen LogP contribution >= 0.6 is 22.6 Å². The van der Waals surface area contributed by atoms with Crippen molar-refractivity contribution in [1.82, 2.24) is 0 Å². The smallest absolute Gasteiger partial charge is 0.326 e. The molecular weight excluding hydrogens is 340 g/mol. The fourth-order valence-corrected chi connectivity index (χ4v) is 1.97. The molecule has 1 aromatic carbocycles. The van der Waals surface area contributed by atoms with Crippen LogP contribution in [0.3, 0.4) is 0 Å². The summed E-state index contributed by atoms with van der Waals surface area (Å²) in [4.78, 5) is 9.58. The number of hydrogen-bond acceptors (Lipinski definition) is 3. The van der Waals surface area contributed by atoms with Crippen LogP contribution in [0.1, 0.15) is 11.1 Å². The minimum absolute atomic E-state index is 0.0989. The quantitative estimate of drug-likeness (QED) is 0.509.